The second-order valence-corrected chi connectivity index (χ2v) is 9.34. The van der Waals surface area contributed by atoms with Gasteiger partial charge in [0.1, 0.15) is 12.3 Å². The van der Waals surface area contributed by atoms with Crippen LogP contribution >= 0.6 is 0 Å². The van der Waals surface area contributed by atoms with Gasteiger partial charge in [-0.05, 0) is 68.5 Å². The molecular weight excluding hydrogens is 460 g/mol. The van der Waals surface area contributed by atoms with Crippen LogP contribution in [0, 0.1) is 13.8 Å². The Morgan fingerprint density at radius 2 is 1.81 bits per heavy atom. The Bertz CT molecular complexity index is 1270. The van der Waals surface area contributed by atoms with E-state index in [-0.39, 0.29) is 37.3 Å². The summed E-state index contributed by atoms with van der Waals surface area (Å²) in [4.78, 5) is 39.8. The number of para-hydroxylation sites is 1. The van der Waals surface area contributed by atoms with Crippen LogP contribution in [0.3, 0.4) is 0 Å². The SMILES string of the molecule is Cc1cc2c(cc1C)n(CC(=O)N(CC(N)=O)CC1CCCO1)c(=O)n2CCCOc1ccccc1. The van der Waals surface area contributed by atoms with Crippen molar-refractivity contribution in [2.45, 2.75) is 52.3 Å². The van der Waals surface area contributed by atoms with Crippen LogP contribution in [0.25, 0.3) is 11.0 Å². The quantitative estimate of drug-likeness (QED) is 0.412. The van der Waals surface area contributed by atoms with Gasteiger partial charge in [0.05, 0.1) is 30.3 Å². The minimum absolute atomic E-state index is 0.124. The molecule has 1 saturated heterocycles. The predicted molar refractivity (Wildman–Crippen MR) is 137 cm³/mol. The summed E-state index contributed by atoms with van der Waals surface area (Å²) in [6, 6.07) is 13.5. The monoisotopic (exact) mass is 494 g/mol. The van der Waals surface area contributed by atoms with Gasteiger partial charge < -0.3 is 20.1 Å². The topological polar surface area (TPSA) is 109 Å². The lowest BCUT2D eigenvalue weighted by atomic mass is 10.1. The molecule has 9 heteroatoms. The average Bonchev–Trinajstić information content (AvgIpc) is 3.44. The number of fused-ring (bicyclic) bond motifs is 1. The van der Waals surface area contributed by atoms with Crippen molar-refractivity contribution >= 4 is 22.8 Å². The maximum atomic E-state index is 13.5. The Balaban J connectivity index is 1.56. The van der Waals surface area contributed by atoms with E-state index in [1.54, 1.807) is 4.57 Å². The summed E-state index contributed by atoms with van der Waals surface area (Å²) < 4.78 is 14.6. The van der Waals surface area contributed by atoms with Crippen molar-refractivity contribution in [3.8, 4) is 5.75 Å². The molecule has 36 heavy (non-hydrogen) atoms. The number of imidazole rings is 1. The molecule has 1 aromatic heterocycles. The molecular formula is C27H34N4O5. The number of carbonyl (C=O) groups excluding carboxylic acids is 2. The Hall–Kier alpha value is -3.59. The van der Waals surface area contributed by atoms with Crippen LogP contribution in [0.4, 0.5) is 0 Å². The number of amides is 2. The van der Waals surface area contributed by atoms with Crippen LogP contribution in [-0.4, -0.2) is 58.3 Å². The first-order chi connectivity index (χ1) is 17.3. The molecule has 0 radical (unpaired) electrons. The highest BCUT2D eigenvalue weighted by atomic mass is 16.5. The summed E-state index contributed by atoms with van der Waals surface area (Å²) in [5.74, 6) is -0.151. The van der Waals surface area contributed by atoms with Gasteiger partial charge in [-0.2, -0.15) is 0 Å². The van der Waals surface area contributed by atoms with Crippen LogP contribution in [0.2, 0.25) is 0 Å². The summed E-state index contributed by atoms with van der Waals surface area (Å²) in [6.45, 7) is 5.43. The lowest BCUT2D eigenvalue weighted by Gasteiger charge is -2.24. The van der Waals surface area contributed by atoms with E-state index in [1.807, 2.05) is 56.3 Å². The number of rotatable bonds is 11. The molecule has 4 rings (SSSR count). The van der Waals surface area contributed by atoms with Gasteiger partial charge in [-0.15, -0.1) is 0 Å². The highest BCUT2D eigenvalue weighted by Crippen LogP contribution is 2.20. The third-order valence-corrected chi connectivity index (χ3v) is 6.61. The number of hydrogen-bond donors (Lipinski definition) is 1. The van der Waals surface area contributed by atoms with E-state index in [9.17, 15) is 14.4 Å². The highest BCUT2D eigenvalue weighted by molar-refractivity contribution is 5.85. The first kappa shape index (κ1) is 25.5. The summed E-state index contributed by atoms with van der Waals surface area (Å²) in [5.41, 5.74) is 8.71. The third kappa shape index (κ3) is 5.96. The fourth-order valence-electron chi connectivity index (χ4n) is 4.58. The van der Waals surface area contributed by atoms with E-state index in [0.717, 1.165) is 35.2 Å². The Morgan fingerprint density at radius 3 is 2.44 bits per heavy atom. The summed E-state index contributed by atoms with van der Waals surface area (Å²) in [6.07, 6.45) is 2.25. The summed E-state index contributed by atoms with van der Waals surface area (Å²) in [5, 5.41) is 0. The number of aromatic nitrogens is 2. The van der Waals surface area contributed by atoms with Crippen molar-refractivity contribution in [3.63, 3.8) is 0 Å². The number of nitrogens with two attached hydrogens (primary N) is 1. The number of ether oxygens (including phenoxy) is 2. The lowest BCUT2D eigenvalue weighted by Crippen LogP contribution is -2.45. The smallest absolute Gasteiger partial charge is 0.329 e. The predicted octanol–water partition coefficient (Wildman–Crippen LogP) is 2.38. The molecule has 3 aromatic rings. The van der Waals surface area contributed by atoms with Gasteiger partial charge in [0.15, 0.2) is 0 Å². The number of carbonyl (C=O) groups is 2. The third-order valence-electron chi connectivity index (χ3n) is 6.61. The molecule has 1 aliphatic heterocycles. The number of aryl methyl sites for hydroxylation is 3. The van der Waals surface area contributed by atoms with Gasteiger partial charge in [-0.1, -0.05) is 18.2 Å². The minimum atomic E-state index is -0.596. The van der Waals surface area contributed by atoms with Gasteiger partial charge in [0, 0.05) is 19.7 Å². The molecule has 0 aliphatic carbocycles. The van der Waals surface area contributed by atoms with Gasteiger partial charge in [-0.3, -0.25) is 18.7 Å². The number of benzene rings is 2. The van der Waals surface area contributed by atoms with Gasteiger partial charge in [0.2, 0.25) is 11.8 Å². The van der Waals surface area contributed by atoms with Crippen LogP contribution < -0.4 is 16.2 Å². The van der Waals surface area contributed by atoms with Crippen molar-refractivity contribution in [2.24, 2.45) is 5.73 Å². The van der Waals surface area contributed by atoms with Gasteiger partial charge >= 0.3 is 5.69 Å². The van der Waals surface area contributed by atoms with Crippen LogP contribution in [-0.2, 0) is 27.4 Å². The van der Waals surface area contributed by atoms with E-state index in [1.165, 1.54) is 9.47 Å². The average molecular weight is 495 g/mol. The molecule has 1 fully saturated rings. The lowest BCUT2D eigenvalue weighted by molar-refractivity contribution is -0.137. The van der Waals surface area contributed by atoms with Crippen molar-refractivity contribution in [3.05, 3.63) is 64.1 Å². The summed E-state index contributed by atoms with van der Waals surface area (Å²) >= 11 is 0. The first-order valence-corrected chi connectivity index (χ1v) is 12.4. The van der Waals surface area contributed by atoms with E-state index >= 15 is 0 Å². The molecule has 2 heterocycles. The van der Waals surface area contributed by atoms with E-state index in [0.29, 0.717) is 31.7 Å². The standard InChI is InChI=1S/C27H34N4O5/c1-19-14-23-24(15-20(19)2)31(18-26(33)29(17-25(28)32)16-22-10-6-12-36-22)27(34)30(23)11-7-13-35-21-8-4-3-5-9-21/h3-5,8-9,14-15,22H,6-7,10-13,16-18H2,1-2H3,(H2,28,32). The minimum Gasteiger partial charge on any atom is -0.494 e. The fraction of sp³-hybridized carbons (Fsp3) is 0.444. The fourth-order valence-corrected chi connectivity index (χ4v) is 4.58. The first-order valence-electron chi connectivity index (χ1n) is 12.4. The molecule has 0 saturated carbocycles. The van der Waals surface area contributed by atoms with Gasteiger partial charge in [0.25, 0.3) is 0 Å². The molecule has 2 N–H and O–H groups in total. The Labute approximate surface area is 210 Å². The Morgan fingerprint density at radius 1 is 1.11 bits per heavy atom. The van der Waals surface area contributed by atoms with Crippen molar-refractivity contribution in [1.82, 2.24) is 14.0 Å². The zero-order valence-corrected chi connectivity index (χ0v) is 20.9. The Kier molecular flexibility index (Phi) is 8.10. The van der Waals surface area contributed by atoms with Crippen molar-refractivity contribution in [2.75, 3.05) is 26.3 Å². The van der Waals surface area contributed by atoms with Crippen LogP contribution in [0.15, 0.2) is 47.3 Å². The molecule has 1 atom stereocenters. The number of nitrogens with zero attached hydrogens (tertiary/aromatic N) is 3. The maximum Gasteiger partial charge on any atom is 0.329 e. The zero-order chi connectivity index (χ0) is 25.7. The van der Waals surface area contributed by atoms with E-state index in [4.69, 9.17) is 15.2 Å². The second-order valence-electron chi connectivity index (χ2n) is 9.34. The molecule has 0 bridgehead atoms. The number of hydrogen-bond acceptors (Lipinski definition) is 5. The highest BCUT2D eigenvalue weighted by Gasteiger charge is 2.25. The van der Waals surface area contributed by atoms with E-state index in [2.05, 4.69) is 0 Å². The molecule has 0 spiro atoms. The number of primary amides is 1. The second kappa shape index (κ2) is 11.4. The van der Waals surface area contributed by atoms with Crippen molar-refractivity contribution in [1.29, 1.82) is 0 Å². The molecule has 1 unspecified atom stereocenters. The zero-order valence-electron chi connectivity index (χ0n) is 20.9. The molecule has 192 valence electrons. The van der Waals surface area contributed by atoms with Crippen molar-refractivity contribution < 1.29 is 19.1 Å². The largest absolute Gasteiger partial charge is 0.494 e. The maximum absolute atomic E-state index is 13.5. The molecule has 1 aliphatic rings. The van der Waals surface area contributed by atoms with E-state index < -0.39 is 5.91 Å². The van der Waals surface area contributed by atoms with Gasteiger partial charge in [-0.25, -0.2) is 4.79 Å². The molecule has 2 amide bonds. The van der Waals surface area contributed by atoms with Crippen LogP contribution in [0.5, 0.6) is 5.75 Å². The van der Waals surface area contributed by atoms with Crippen LogP contribution in [0.1, 0.15) is 30.4 Å². The normalized spacial score (nSPS) is 15.3. The summed E-state index contributed by atoms with van der Waals surface area (Å²) in [7, 11) is 0. The molecule has 9 nitrogen and oxygen atoms in total. The molecule has 2 aromatic carbocycles.